The summed E-state index contributed by atoms with van der Waals surface area (Å²) in [6.07, 6.45) is 1.61. The second-order valence-electron chi connectivity index (χ2n) is 3.91. The summed E-state index contributed by atoms with van der Waals surface area (Å²) in [5, 5.41) is 8.92. The molecular formula is C12H19N3O3. The summed E-state index contributed by atoms with van der Waals surface area (Å²) >= 11 is 0. The molecule has 1 unspecified atom stereocenters. The highest BCUT2D eigenvalue weighted by Crippen LogP contribution is 2.14. The Balaban J connectivity index is 2.81. The maximum Gasteiger partial charge on any atom is 0.308 e. The summed E-state index contributed by atoms with van der Waals surface area (Å²) in [7, 11) is 0. The number of carboxylic acid groups (broad SMARTS) is 1. The van der Waals surface area contributed by atoms with E-state index in [2.05, 4.69) is 9.97 Å². The van der Waals surface area contributed by atoms with E-state index in [1.165, 1.54) is 0 Å². The minimum atomic E-state index is -0.825. The van der Waals surface area contributed by atoms with Crippen molar-refractivity contribution in [3.8, 4) is 5.88 Å². The standard InChI is InChI=1S/C12H19N3O3/c1-4-15(8-9(3)11(16)17)12-13-7-6-10(14-12)18-5-2/h6-7,9H,4-5,8H2,1-3H3,(H,16,17). The van der Waals surface area contributed by atoms with Crippen molar-refractivity contribution < 1.29 is 14.6 Å². The Hall–Kier alpha value is -1.85. The van der Waals surface area contributed by atoms with Crippen molar-refractivity contribution in [2.24, 2.45) is 5.92 Å². The van der Waals surface area contributed by atoms with Crippen LogP contribution in [-0.2, 0) is 4.79 Å². The number of rotatable bonds is 7. The van der Waals surface area contributed by atoms with E-state index in [4.69, 9.17) is 9.84 Å². The molecule has 1 aromatic rings. The molecule has 0 fully saturated rings. The first-order valence-corrected chi connectivity index (χ1v) is 6.02. The Morgan fingerprint density at radius 2 is 2.28 bits per heavy atom. The zero-order valence-electron chi connectivity index (χ0n) is 11.0. The van der Waals surface area contributed by atoms with Crippen LogP contribution in [0, 0.1) is 5.92 Å². The number of aromatic nitrogens is 2. The van der Waals surface area contributed by atoms with E-state index in [1.54, 1.807) is 19.2 Å². The van der Waals surface area contributed by atoms with Crippen LogP contribution in [0.1, 0.15) is 20.8 Å². The molecule has 0 saturated heterocycles. The lowest BCUT2D eigenvalue weighted by Gasteiger charge is -2.22. The van der Waals surface area contributed by atoms with Crippen molar-refractivity contribution in [2.75, 3.05) is 24.6 Å². The van der Waals surface area contributed by atoms with Gasteiger partial charge in [-0.05, 0) is 13.8 Å². The predicted octanol–water partition coefficient (Wildman–Crippen LogP) is 1.42. The van der Waals surface area contributed by atoms with Crippen LogP contribution < -0.4 is 9.64 Å². The van der Waals surface area contributed by atoms with Crippen molar-refractivity contribution in [3.05, 3.63) is 12.3 Å². The Kier molecular flexibility index (Phi) is 5.35. The zero-order valence-corrected chi connectivity index (χ0v) is 11.0. The number of hydrogen-bond acceptors (Lipinski definition) is 5. The van der Waals surface area contributed by atoms with Gasteiger partial charge in [0.25, 0.3) is 0 Å². The average Bonchev–Trinajstić information content (AvgIpc) is 2.36. The second kappa shape index (κ2) is 6.78. The van der Waals surface area contributed by atoms with E-state index in [1.807, 2.05) is 18.7 Å². The lowest BCUT2D eigenvalue weighted by molar-refractivity contribution is -0.140. The summed E-state index contributed by atoms with van der Waals surface area (Å²) in [5.74, 6) is -0.292. The second-order valence-corrected chi connectivity index (χ2v) is 3.91. The van der Waals surface area contributed by atoms with Crippen LogP contribution in [0.2, 0.25) is 0 Å². The number of ether oxygens (including phenoxy) is 1. The molecule has 0 aliphatic carbocycles. The Labute approximate surface area is 107 Å². The van der Waals surface area contributed by atoms with E-state index < -0.39 is 11.9 Å². The van der Waals surface area contributed by atoms with Crippen LogP contribution >= 0.6 is 0 Å². The molecule has 1 N–H and O–H groups in total. The van der Waals surface area contributed by atoms with E-state index in [-0.39, 0.29) is 0 Å². The zero-order chi connectivity index (χ0) is 13.5. The van der Waals surface area contributed by atoms with Crippen LogP contribution in [0.4, 0.5) is 5.95 Å². The van der Waals surface area contributed by atoms with Crippen molar-refractivity contribution >= 4 is 11.9 Å². The number of carbonyl (C=O) groups is 1. The average molecular weight is 253 g/mol. The summed E-state index contributed by atoms with van der Waals surface area (Å²) in [6.45, 7) is 7.04. The molecule has 6 heteroatoms. The highest BCUT2D eigenvalue weighted by Gasteiger charge is 2.17. The Morgan fingerprint density at radius 3 is 2.83 bits per heavy atom. The molecule has 6 nitrogen and oxygen atoms in total. The number of anilines is 1. The minimum Gasteiger partial charge on any atom is -0.481 e. The largest absolute Gasteiger partial charge is 0.481 e. The molecule has 0 aromatic carbocycles. The van der Waals surface area contributed by atoms with Gasteiger partial charge < -0.3 is 14.7 Å². The summed E-state index contributed by atoms with van der Waals surface area (Å²) in [6, 6.07) is 1.68. The SMILES string of the molecule is CCOc1ccnc(N(CC)CC(C)C(=O)O)n1. The van der Waals surface area contributed by atoms with Gasteiger partial charge in [0.05, 0.1) is 12.5 Å². The third kappa shape index (κ3) is 3.87. The normalized spacial score (nSPS) is 11.9. The topological polar surface area (TPSA) is 75.5 Å². The number of carboxylic acids is 1. The molecule has 0 radical (unpaired) electrons. The molecule has 0 bridgehead atoms. The van der Waals surface area contributed by atoms with Crippen molar-refractivity contribution in [1.29, 1.82) is 0 Å². The van der Waals surface area contributed by atoms with Crippen molar-refractivity contribution in [2.45, 2.75) is 20.8 Å². The fourth-order valence-corrected chi connectivity index (χ4v) is 1.47. The molecule has 18 heavy (non-hydrogen) atoms. The molecule has 1 aromatic heterocycles. The minimum absolute atomic E-state index is 0.376. The Morgan fingerprint density at radius 1 is 1.56 bits per heavy atom. The quantitative estimate of drug-likeness (QED) is 0.792. The molecule has 0 amide bonds. The van der Waals surface area contributed by atoms with Crippen LogP contribution in [0.25, 0.3) is 0 Å². The van der Waals surface area contributed by atoms with E-state index in [9.17, 15) is 4.79 Å². The number of aliphatic carboxylic acids is 1. The smallest absolute Gasteiger partial charge is 0.308 e. The van der Waals surface area contributed by atoms with E-state index in [0.717, 1.165) is 0 Å². The lowest BCUT2D eigenvalue weighted by atomic mass is 10.2. The molecule has 0 saturated carbocycles. The first-order valence-electron chi connectivity index (χ1n) is 6.02. The maximum absolute atomic E-state index is 10.9. The molecule has 1 heterocycles. The highest BCUT2D eigenvalue weighted by molar-refractivity contribution is 5.70. The van der Waals surface area contributed by atoms with Gasteiger partial charge in [0.2, 0.25) is 11.8 Å². The van der Waals surface area contributed by atoms with E-state index in [0.29, 0.717) is 31.5 Å². The van der Waals surface area contributed by atoms with Gasteiger partial charge in [-0.2, -0.15) is 4.98 Å². The van der Waals surface area contributed by atoms with Crippen molar-refractivity contribution in [1.82, 2.24) is 9.97 Å². The monoisotopic (exact) mass is 253 g/mol. The van der Waals surface area contributed by atoms with E-state index >= 15 is 0 Å². The van der Waals surface area contributed by atoms with Gasteiger partial charge in [-0.1, -0.05) is 6.92 Å². The van der Waals surface area contributed by atoms with Crippen LogP contribution in [0.5, 0.6) is 5.88 Å². The van der Waals surface area contributed by atoms with Gasteiger partial charge in [-0.25, -0.2) is 4.98 Å². The van der Waals surface area contributed by atoms with Gasteiger partial charge in [-0.15, -0.1) is 0 Å². The molecule has 1 atom stereocenters. The van der Waals surface area contributed by atoms with Gasteiger partial charge in [-0.3, -0.25) is 4.79 Å². The molecule has 0 spiro atoms. The summed E-state index contributed by atoms with van der Waals surface area (Å²) in [4.78, 5) is 21.1. The number of nitrogens with zero attached hydrogens (tertiary/aromatic N) is 3. The van der Waals surface area contributed by atoms with Gasteiger partial charge in [0.1, 0.15) is 0 Å². The summed E-state index contributed by atoms with van der Waals surface area (Å²) in [5.41, 5.74) is 0. The fraction of sp³-hybridized carbons (Fsp3) is 0.583. The van der Waals surface area contributed by atoms with Crippen LogP contribution in [0.15, 0.2) is 12.3 Å². The van der Waals surface area contributed by atoms with Gasteiger partial charge >= 0.3 is 5.97 Å². The van der Waals surface area contributed by atoms with Gasteiger partial charge in [0.15, 0.2) is 0 Å². The first-order chi connectivity index (χ1) is 8.58. The molecular weight excluding hydrogens is 234 g/mol. The van der Waals surface area contributed by atoms with Crippen LogP contribution in [-0.4, -0.2) is 40.7 Å². The lowest BCUT2D eigenvalue weighted by Crippen LogP contribution is -2.33. The molecule has 0 aliphatic heterocycles. The number of hydrogen-bond donors (Lipinski definition) is 1. The molecule has 0 aliphatic rings. The van der Waals surface area contributed by atoms with Crippen LogP contribution in [0.3, 0.4) is 0 Å². The fourth-order valence-electron chi connectivity index (χ4n) is 1.47. The van der Waals surface area contributed by atoms with Gasteiger partial charge in [0, 0.05) is 25.4 Å². The third-order valence-corrected chi connectivity index (χ3v) is 2.49. The summed E-state index contributed by atoms with van der Waals surface area (Å²) < 4.78 is 5.30. The third-order valence-electron chi connectivity index (χ3n) is 2.49. The van der Waals surface area contributed by atoms with Crippen molar-refractivity contribution in [3.63, 3.8) is 0 Å². The highest BCUT2D eigenvalue weighted by atomic mass is 16.5. The molecule has 1 rings (SSSR count). The predicted molar refractivity (Wildman–Crippen MR) is 67.9 cm³/mol. The first kappa shape index (κ1) is 14.2. The molecule has 100 valence electrons. The maximum atomic E-state index is 10.9. The Bertz CT molecular complexity index is 398.